The summed E-state index contributed by atoms with van der Waals surface area (Å²) < 4.78 is 6.42. The number of benzene rings is 1. The molecule has 2 N–H and O–H groups in total. The molecular formula is C14H22BrNO. The molecule has 0 bridgehead atoms. The van der Waals surface area contributed by atoms with Crippen molar-refractivity contribution in [3.8, 4) is 5.75 Å². The fourth-order valence-corrected chi connectivity index (χ4v) is 2.31. The molecule has 0 unspecified atom stereocenters. The van der Waals surface area contributed by atoms with Gasteiger partial charge in [-0.2, -0.15) is 0 Å². The van der Waals surface area contributed by atoms with E-state index < -0.39 is 0 Å². The molecule has 0 saturated carbocycles. The fraction of sp³-hybridized carbons (Fsp3) is 0.571. The average molecular weight is 300 g/mol. The molecule has 0 aromatic heterocycles. The molecule has 0 aliphatic rings. The van der Waals surface area contributed by atoms with Gasteiger partial charge in [-0.05, 0) is 59.3 Å². The van der Waals surface area contributed by atoms with Crippen LogP contribution in [0.4, 0.5) is 0 Å². The van der Waals surface area contributed by atoms with Gasteiger partial charge in [0.15, 0.2) is 0 Å². The number of methoxy groups -OCH3 is 1. The molecule has 17 heavy (non-hydrogen) atoms. The average Bonchev–Trinajstić information content (AvgIpc) is 2.18. The zero-order valence-electron chi connectivity index (χ0n) is 11.3. The summed E-state index contributed by atoms with van der Waals surface area (Å²) in [6.45, 7) is 8.43. The fourth-order valence-electron chi connectivity index (χ4n) is 1.78. The minimum absolute atomic E-state index is 0.219. The third-order valence-corrected chi connectivity index (χ3v) is 3.57. The Balaban J connectivity index is 3.23. The molecule has 0 fully saturated rings. The van der Waals surface area contributed by atoms with Crippen molar-refractivity contribution < 1.29 is 4.74 Å². The lowest BCUT2D eigenvalue weighted by Crippen LogP contribution is -2.34. The summed E-state index contributed by atoms with van der Waals surface area (Å²) in [6.07, 6.45) is 0.824. The Hall–Kier alpha value is -0.540. The Bertz CT molecular complexity index is 394. The van der Waals surface area contributed by atoms with Crippen LogP contribution in [0, 0.1) is 0 Å². The van der Waals surface area contributed by atoms with E-state index in [1.54, 1.807) is 7.11 Å². The molecule has 0 aliphatic heterocycles. The monoisotopic (exact) mass is 299 g/mol. The quantitative estimate of drug-likeness (QED) is 0.916. The Morgan fingerprint density at radius 1 is 1.35 bits per heavy atom. The number of hydrogen-bond acceptors (Lipinski definition) is 2. The summed E-state index contributed by atoms with van der Waals surface area (Å²) >= 11 is 3.60. The largest absolute Gasteiger partial charge is 0.496 e. The molecule has 1 aromatic carbocycles. The first-order valence-electron chi connectivity index (χ1n) is 5.90. The topological polar surface area (TPSA) is 35.2 Å². The molecule has 0 spiro atoms. The second-order valence-corrected chi connectivity index (χ2v) is 6.31. The van der Waals surface area contributed by atoms with Gasteiger partial charge in [-0.15, -0.1) is 0 Å². The third kappa shape index (κ3) is 4.00. The Labute approximate surface area is 113 Å². The lowest BCUT2D eigenvalue weighted by atomic mass is 9.92. The van der Waals surface area contributed by atoms with Crippen molar-refractivity contribution in [3.63, 3.8) is 0 Å². The van der Waals surface area contributed by atoms with Crippen molar-refractivity contribution in [2.24, 2.45) is 5.73 Å². The van der Waals surface area contributed by atoms with E-state index in [2.05, 4.69) is 41.9 Å². The first-order chi connectivity index (χ1) is 7.74. The zero-order valence-corrected chi connectivity index (χ0v) is 12.9. The first-order valence-corrected chi connectivity index (χ1v) is 6.69. The Morgan fingerprint density at radius 2 is 1.94 bits per heavy atom. The maximum Gasteiger partial charge on any atom is 0.133 e. The van der Waals surface area contributed by atoms with E-state index in [4.69, 9.17) is 10.5 Å². The van der Waals surface area contributed by atoms with Gasteiger partial charge in [0.1, 0.15) is 5.75 Å². The molecule has 3 heteroatoms. The summed E-state index contributed by atoms with van der Waals surface area (Å²) in [4.78, 5) is 0. The van der Waals surface area contributed by atoms with Gasteiger partial charge in [0.05, 0.1) is 11.6 Å². The van der Waals surface area contributed by atoms with E-state index in [-0.39, 0.29) is 5.54 Å². The van der Waals surface area contributed by atoms with Gasteiger partial charge in [-0.25, -0.2) is 0 Å². The van der Waals surface area contributed by atoms with Gasteiger partial charge in [-0.1, -0.05) is 19.9 Å². The maximum absolute atomic E-state index is 6.09. The SMILES string of the molecule is COc1cc(C(C)C)cc(CC(C)(C)N)c1Br. The van der Waals surface area contributed by atoms with Gasteiger partial charge < -0.3 is 10.5 Å². The predicted molar refractivity (Wildman–Crippen MR) is 76.8 cm³/mol. The standard InChI is InChI=1S/C14H22BrNO/c1-9(2)10-6-11(8-14(3,4)16)13(15)12(7-10)17-5/h6-7,9H,8,16H2,1-5H3. The number of ether oxygens (including phenoxy) is 1. The van der Waals surface area contributed by atoms with E-state index in [0.717, 1.165) is 16.6 Å². The van der Waals surface area contributed by atoms with Gasteiger partial charge in [-0.3, -0.25) is 0 Å². The zero-order chi connectivity index (χ0) is 13.2. The van der Waals surface area contributed by atoms with Crippen LogP contribution in [0.5, 0.6) is 5.75 Å². The van der Waals surface area contributed by atoms with E-state index in [0.29, 0.717) is 5.92 Å². The molecule has 0 amide bonds. The van der Waals surface area contributed by atoms with E-state index >= 15 is 0 Å². The van der Waals surface area contributed by atoms with E-state index in [1.807, 2.05) is 13.8 Å². The van der Waals surface area contributed by atoms with Crippen LogP contribution >= 0.6 is 15.9 Å². The third-order valence-electron chi connectivity index (χ3n) is 2.67. The molecule has 96 valence electrons. The van der Waals surface area contributed by atoms with Gasteiger partial charge >= 0.3 is 0 Å². The number of hydrogen-bond donors (Lipinski definition) is 1. The van der Waals surface area contributed by atoms with Crippen LogP contribution in [0.15, 0.2) is 16.6 Å². The van der Waals surface area contributed by atoms with Crippen molar-refractivity contribution in [3.05, 3.63) is 27.7 Å². The minimum Gasteiger partial charge on any atom is -0.496 e. The Morgan fingerprint density at radius 3 is 2.35 bits per heavy atom. The number of rotatable bonds is 4. The Kier molecular flexibility index (Phi) is 4.62. The normalized spacial score (nSPS) is 12.0. The molecule has 0 aliphatic carbocycles. The lowest BCUT2D eigenvalue weighted by molar-refractivity contribution is 0.409. The van der Waals surface area contributed by atoms with Crippen molar-refractivity contribution in [1.82, 2.24) is 0 Å². The highest BCUT2D eigenvalue weighted by atomic mass is 79.9. The molecule has 1 aromatic rings. The van der Waals surface area contributed by atoms with E-state index in [9.17, 15) is 0 Å². The minimum atomic E-state index is -0.219. The van der Waals surface area contributed by atoms with Crippen LogP contribution < -0.4 is 10.5 Å². The van der Waals surface area contributed by atoms with Crippen molar-refractivity contribution in [2.75, 3.05) is 7.11 Å². The van der Waals surface area contributed by atoms with Crippen LogP contribution in [0.1, 0.15) is 44.7 Å². The number of halogens is 1. The highest BCUT2D eigenvalue weighted by Gasteiger charge is 2.17. The molecule has 0 atom stereocenters. The second kappa shape index (κ2) is 5.40. The summed E-state index contributed by atoms with van der Waals surface area (Å²) in [5.41, 5.74) is 8.36. The van der Waals surface area contributed by atoms with Crippen LogP contribution in [0.3, 0.4) is 0 Å². The molecule has 0 heterocycles. The number of nitrogens with two attached hydrogens (primary N) is 1. The molecule has 0 radical (unpaired) electrons. The van der Waals surface area contributed by atoms with Gasteiger partial charge in [0.25, 0.3) is 0 Å². The smallest absolute Gasteiger partial charge is 0.133 e. The highest BCUT2D eigenvalue weighted by Crippen LogP contribution is 2.34. The maximum atomic E-state index is 6.09. The highest BCUT2D eigenvalue weighted by molar-refractivity contribution is 9.10. The van der Waals surface area contributed by atoms with Crippen LogP contribution in [0.25, 0.3) is 0 Å². The van der Waals surface area contributed by atoms with E-state index in [1.165, 1.54) is 11.1 Å². The molecule has 2 nitrogen and oxygen atoms in total. The summed E-state index contributed by atoms with van der Waals surface area (Å²) in [5.74, 6) is 1.37. The van der Waals surface area contributed by atoms with Gasteiger partial charge in [0, 0.05) is 5.54 Å². The second-order valence-electron chi connectivity index (χ2n) is 5.52. The van der Waals surface area contributed by atoms with Gasteiger partial charge in [0.2, 0.25) is 0 Å². The van der Waals surface area contributed by atoms with Crippen molar-refractivity contribution in [2.45, 2.75) is 45.6 Å². The molecular weight excluding hydrogens is 278 g/mol. The molecule has 1 rings (SSSR count). The summed E-state index contributed by atoms with van der Waals surface area (Å²) in [5, 5.41) is 0. The van der Waals surface area contributed by atoms with Crippen molar-refractivity contribution >= 4 is 15.9 Å². The van der Waals surface area contributed by atoms with Crippen LogP contribution in [0.2, 0.25) is 0 Å². The summed E-state index contributed by atoms with van der Waals surface area (Å²) in [6, 6.07) is 4.30. The van der Waals surface area contributed by atoms with Crippen molar-refractivity contribution in [1.29, 1.82) is 0 Å². The summed E-state index contributed by atoms with van der Waals surface area (Å²) in [7, 11) is 1.70. The van der Waals surface area contributed by atoms with Crippen LogP contribution in [-0.4, -0.2) is 12.6 Å². The predicted octanol–water partition coefficient (Wildman–Crippen LogP) is 3.86. The first kappa shape index (κ1) is 14.5. The molecule has 0 saturated heterocycles. The lowest BCUT2D eigenvalue weighted by Gasteiger charge is -2.21. The van der Waals surface area contributed by atoms with Crippen LogP contribution in [-0.2, 0) is 6.42 Å².